The topological polar surface area (TPSA) is 54.0 Å². The third-order valence-corrected chi connectivity index (χ3v) is 5.01. The van der Waals surface area contributed by atoms with Crippen LogP contribution in [0.4, 0.5) is 11.4 Å². The van der Waals surface area contributed by atoms with Crippen molar-refractivity contribution in [2.75, 3.05) is 5.32 Å². The third-order valence-electron chi connectivity index (χ3n) is 4.21. The van der Waals surface area contributed by atoms with Crippen molar-refractivity contribution in [2.45, 2.75) is 38.1 Å². The molecular weight excluding hydrogens is 390 g/mol. The highest BCUT2D eigenvalue weighted by Gasteiger charge is 2.19. The summed E-state index contributed by atoms with van der Waals surface area (Å²) in [6.07, 6.45) is 9.01. The molecule has 24 heavy (non-hydrogen) atoms. The van der Waals surface area contributed by atoms with Crippen molar-refractivity contribution in [1.29, 1.82) is 0 Å². The predicted molar refractivity (Wildman–Crippen MR) is 101 cm³/mol. The summed E-state index contributed by atoms with van der Waals surface area (Å²) < 4.78 is 0.902. The quantitative estimate of drug-likeness (QED) is 0.721. The van der Waals surface area contributed by atoms with Gasteiger partial charge >= 0.3 is 0 Å². The second kappa shape index (κ2) is 7.99. The van der Waals surface area contributed by atoms with Crippen molar-refractivity contribution in [3.8, 4) is 0 Å². The number of nitrogens with zero attached hydrogens (tertiary/aromatic N) is 1. The Kier molecular flexibility index (Phi) is 5.74. The number of halogens is 2. The minimum absolute atomic E-state index is 0.0694. The molecule has 3 rings (SSSR count). The number of benzene rings is 1. The second-order valence-corrected chi connectivity index (χ2v) is 7.30. The van der Waals surface area contributed by atoms with Crippen LogP contribution in [0.1, 0.15) is 42.5 Å². The summed E-state index contributed by atoms with van der Waals surface area (Å²) in [5.41, 5.74) is 1.96. The summed E-state index contributed by atoms with van der Waals surface area (Å²) in [6.45, 7) is 0. The molecule has 1 aliphatic carbocycles. The van der Waals surface area contributed by atoms with Gasteiger partial charge in [0.25, 0.3) is 5.91 Å². The maximum Gasteiger partial charge on any atom is 0.253 e. The second-order valence-electron chi connectivity index (χ2n) is 5.98. The molecule has 0 atom stereocenters. The van der Waals surface area contributed by atoms with Crippen molar-refractivity contribution in [3.63, 3.8) is 0 Å². The van der Waals surface area contributed by atoms with Crippen molar-refractivity contribution >= 4 is 44.8 Å². The Balaban J connectivity index is 1.78. The molecule has 0 spiro atoms. The molecule has 0 bridgehead atoms. The number of aromatic nitrogens is 1. The highest BCUT2D eigenvalue weighted by molar-refractivity contribution is 9.10. The number of hydrogen-bond acceptors (Lipinski definition) is 3. The van der Waals surface area contributed by atoms with Gasteiger partial charge < -0.3 is 10.6 Å². The van der Waals surface area contributed by atoms with Crippen molar-refractivity contribution in [1.82, 2.24) is 10.3 Å². The summed E-state index contributed by atoms with van der Waals surface area (Å²) in [5, 5.41) is 6.92. The van der Waals surface area contributed by atoms with Gasteiger partial charge in [-0.05, 0) is 37.1 Å². The molecule has 4 nitrogen and oxygen atoms in total. The molecule has 1 aromatic carbocycles. The third kappa shape index (κ3) is 4.28. The van der Waals surface area contributed by atoms with E-state index in [1.165, 1.54) is 19.3 Å². The van der Waals surface area contributed by atoms with E-state index >= 15 is 0 Å². The lowest BCUT2D eigenvalue weighted by Gasteiger charge is -2.23. The maximum atomic E-state index is 12.6. The van der Waals surface area contributed by atoms with Crippen molar-refractivity contribution in [2.24, 2.45) is 0 Å². The van der Waals surface area contributed by atoms with Crippen LogP contribution < -0.4 is 10.6 Å². The van der Waals surface area contributed by atoms with E-state index in [4.69, 9.17) is 11.6 Å². The summed E-state index contributed by atoms with van der Waals surface area (Å²) in [7, 11) is 0. The minimum Gasteiger partial charge on any atom is -0.352 e. The number of carbonyl (C=O) groups is 1. The molecule has 2 N–H and O–H groups in total. The molecular formula is C18H19BrClN3O. The highest BCUT2D eigenvalue weighted by Crippen LogP contribution is 2.29. The van der Waals surface area contributed by atoms with Crippen LogP contribution in [-0.2, 0) is 0 Å². The molecule has 0 saturated heterocycles. The molecule has 0 aliphatic heterocycles. The van der Waals surface area contributed by atoms with Crippen LogP contribution in [-0.4, -0.2) is 16.9 Å². The molecule has 1 fully saturated rings. The lowest BCUT2D eigenvalue weighted by atomic mass is 9.95. The number of carbonyl (C=O) groups excluding carboxylic acids is 1. The van der Waals surface area contributed by atoms with Gasteiger partial charge in [0.05, 0.1) is 28.2 Å². The Bertz CT molecular complexity index is 732. The highest BCUT2D eigenvalue weighted by atomic mass is 79.9. The van der Waals surface area contributed by atoms with E-state index in [1.807, 2.05) is 18.2 Å². The van der Waals surface area contributed by atoms with E-state index in [2.05, 4.69) is 31.5 Å². The summed E-state index contributed by atoms with van der Waals surface area (Å²) >= 11 is 9.64. The Morgan fingerprint density at radius 2 is 1.96 bits per heavy atom. The zero-order chi connectivity index (χ0) is 16.9. The van der Waals surface area contributed by atoms with E-state index in [9.17, 15) is 4.79 Å². The first-order valence-electron chi connectivity index (χ1n) is 8.10. The lowest BCUT2D eigenvalue weighted by Crippen LogP contribution is -2.36. The summed E-state index contributed by atoms with van der Waals surface area (Å²) in [5.74, 6) is -0.0694. The molecule has 1 heterocycles. The minimum atomic E-state index is -0.0694. The average Bonchev–Trinajstić information content (AvgIpc) is 2.59. The van der Waals surface area contributed by atoms with Crippen LogP contribution in [0.15, 0.2) is 41.1 Å². The lowest BCUT2D eigenvalue weighted by molar-refractivity contribution is 0.0928. The summed E-state index contributed by atoms with van der Waals surface area (Å²) in [6, 6.07) is 7.56. The van der Waals surface area contributed by atoms with Crippen LogP contribution >= 0.6 is 27.5 Å². The largest absolute Gasteiger partial charge is 0.352 e. The number of anilines is 2. The zero-order valence-electron chi connectivity index (χ0n) is 13.2. The molecule has 0 unspecified atom stereocenters. The Morgan fingerprint density at radius 1 is 1.17 bits per heavy atom. The number of nitrogens with one attached hydrogen (secondary N) is 2. The molecule has 1 aliphatic rings. The van der Waals surface area contributed by atoms with Gasteiger partial charge in [-0.15, -0.1) is 0 Å². The van der Waals surface area contributed by atoms with E-state index in [0.29, 0.717) is 16.3 Å². The standard InChI is InChI=1S/C18H19BrClN3O/c19-12-6-7-16(15(20)10-12)23-17-11-21-9-8-14(17)18(24)22-13-4-2-1-3-5-13/h6-11,13,23H,1-5H2,(H,22,24). The van der Waals surface area contributed by atoms with Crippen LogP contribution in [0.3, 0.4) is 0 Å². The Morgan fingerprint density at radius 3 is 2.71 bits per heavy atom. The maximum absolute atomic E-state index is 12.6. The van der Waals surface area contributed by atoms with E-state index in [1.54, 1.807) is 18.5 Å². The first-order chi connectivity index (χ1) is 11.6. The van der Waals surface area contributed by atoms with Crippen molar-refractivity contribution < 1.29 is 4.79 Å². The van der Waals surface area contributed by atoms with E-state index in [0.717, 1.165) is 23.0 Å². The van der Waals surface area contributed by atoms with Gasteiger partial charge in [0.15, 0.2) is 0 Å². The first kappa shape index (κ1) is 17.2. The van der Waals surface area contributed by atoms with Crippen LogP contribution in [0.25, 0.3) is 0 Å². The number of rotatable bonds is 4. The summed E-state index contributed by atoms with van der Waals surface area (Å²) in [4.78, 5) is 16.8. The fourth-order valence-electron chi connectivity index (χ4n) is 2.94. The molecule has 1 amide bonds. The Hall–Kier alpha value is -1.59. The van der Waals surface area contributed by atoms with Gasteiger partial charge in [0, 0.05) is 16.7 Å². The van der Waals surface area contributed by atoms with E-state index in [-0.39, 0.29) is 11.9 Å². The Labute approximate surface area is 155 Å². The molecule has 0 radical (unpaired) electrons. The monoisotopic (exact) mass is 407 g/mol. The number of amides is 1. The zero-order valence-corrected chi connectivity index (χ0v) is 15.5. The molecule has 2 aromatic rings. The normalized spacial score (nSPS) is 15.1. The SMILES string of the molecule is O=C(NC1CCCCC1)c1ccncc1Nc1ccc(Br)cc1Cl. The molecule has 126 valence electrons. The van der Waals surface area contributed by atoms with Crippen LogP contribution in [0.5, 0.6) is 0 Å². The van der Waals surface area contributed by atoms with Gasteiger partial charge in [-0.2, -0.15) is 0 Å². The molecule has 1 aromatic heterocycles. The van der Waals surface area contributed by atoms with Gasteiger partial charge in [-0.3, -0.25) is 9.78 Å². The molecule has 6 heteroatoms. The fourth-order valence-corrected chi connectivity index (χ4v) is 3.66. The van der Waals surface area contributed by atoms with Crippen LogP contribution in [0.2, 0.25) is 5.02 Å². The number of pyridine rings is 1. The van der Waals surface area contributed by atoms with Crippen LogP contribution in [0, 0.1) is 0 Å². The van der Waals surface area contributed by atoms with Gasteiger partial charge in [0.2, 0.25) is 0 Å². The smallest absolute Gasteiger partial charge is 0.253 e. The predicted octanol–water partition coefficient (Wildman–Crippen LogP) is 5.30. The average molecular weight is 409 g/mol. The van der Waals surface area contributed by atoms with Gasteiger partial charge in [-0.1, -0.05) is 46.8 Å². The fraction of sp³-hybridized carbons (Fsp3) is 0.333. The van der Waals surface area contributed by atoms with Gasteiger partial charge in [0.1, 0.15) is 0 Å². The molecule has 1 saturated carbocycles. The van der Waals surface area contributed by atoms with E-state index < -0.39 is 0 Å². The number of hydrogen-bond donors (Lipinski definition) is 2. The van der Waals surface area contributed by atoms with Gasteiger partial charge in [-0.25, -0.2) is 0 Å². The first-order valence-corrected chi connectivity index (χ1v) is 9.27. The van der Waals surface area contributed by atoms with Crippen molar-refractivity contribution in [3.05, 3.63) is 51.7 Å².